The second-order valence-electron chi connectivity index (χ2n) is 4.08. The van der Waals surface area contributed by atoms with E-state index < -0.39 is 0 Å². The topological polar surface area (TPSA) is 41.6 Å². The summed E-state index contributed by atoms with van der Waals surface area (Å²) < 4.78 is 5.46. The Hall–Kier alpha value is -0.610. The fourth-order valence-electron chi connectivity index (χ4n) is 1.74. The zero-order chi connectivity index (χ0) is 11.1. The largest absolute Gasteiger partial charge is 0.377 e. The van der Waals surface area contributed by atoms with E-state index in [-0.39, 0.29) is 5.91 Å². The van der Waals surface area contributed by atoms with Crippen LogP contribution >= 0.6 is 0 Å². The van der Waals surface area contributed by atoms with E-state index in [0.29, 0.717) is 12.6 Å². The Labute approximate surface area is 92.0 Å². The Kier molecular flexibility index (Phi) is 5.65. The number of ether oxygens (including phenoxy) is 1. The number of nitrogens with one attached hydrogen (secondary N) is 1. The molecule has 4 heteroatoms. The number of nitrogens with zero attached hydrogens (tertiary/aromatic N) is 1. The first-order valence-corrected chi connectivity index (χ1v) is 5.80. The first-order valence-electron chi connectivity index (χ1n) is 5.80. The third kappa shape index (κ3) is 4.62. The molecule has 0 spiro atoms. The molecule has 1 rings (SSSR count). The van der Waals surface area contributed by atoms with Crippen molar-refractivity contribution < 1.29 is 9.53 Å². The number of carbonyl (C=O) groups is 1. The Balaban J connectivity index is 2.05. The summed E-state index contributed by atoms with van der Waals surface area (Å²) in [6, 6.07) is 0. The third-order valence-electron chi connectivity index (χ3n) is 2.66. The van der Waals surface area contributed by atoms with Crippen LogP contribution in [-0.4, -0.2) is 50.2 Å². The number of rotatable bonds is 6. The van der Waals surface area contributed by atoms with Crippen LogP contribution in [0.3, 0.4) is 0 Å². The molecule has 0 aliphatic carbocycles. The maximum absolute atomic E-state index is 11.5. The Morgan fingerprint density at radius 2 is 2.40 bits per heavy atom. The van der Waals surface area contributed by atoms with Crippen LogP contribution in [0.4, 0.5) is 0 Å². The minimum absolute atomic E-state index is 0.162. The average Bonchev–Trinajstić information content (AvgIpc) is 2.71. The molecule has 4 nitrogen and oxygen atoms in total. The molecule has 0 aromatic carbocycles. The molecule has 1 heterocycles. The van der Waals surface area contributed by atoms with Crippen molar-refractivity contribution in [3.8, 4) is 0 Å². The molecule has 1 atom stereocenters. The van der Waals surface area contributed by atoms with Crippen LogP contribution in [0, 0.1) is 0 Å². The first-order chi connectivity index (χ1) is 7.24. The number of hydrogen-bond donors (Lipinski definition) is 1. The molecule has 1 fully saturated rings. The van der Waals surface area contributed by atoms with Crippen molar-refractivity contribution >= 4 is 5.91 Å². The van der Waals surface area contributed by atoms with E-state index in [9.17, 15) is 4.79 Å². The summed E-state index contributed by atoms with van der Waals surface area (Å²) in [5.74, 6) is 0.162. The van der Waals surface area contributed by atoms with Gasteiger partial charge in [-0.2, -0.15) is 0 Å². The van der Waals surface area contributed by atoms with Gasteiger partial charge in [0.1, 0.15) is 0 Å². The predicted molar refractivity (Wildman–Crippen MR) is 59.8 cm³/mol. The maximum atomic E-state index is 11.5. The Bertz CT molecular complexity index is 191. The second kappa shape index (κ2) is 6.80. The van der Waals surface area contributed by atoms with Gasteiger partial charge in [0.15, 0.2) is 0 Å². The summed E-state index contributed by atoms with van der Waals surface area (Å²) in [5, 5.41) is 3.15. The van der Waals surface area contributed by atoms with Crippen LogP contribution in [0.5, 0.6) is 0 Å². The van der Waals surface area contributed by atoms with Gasteiger partial charge in [-0.3, -0.25) is 4.79 Å². The maximum Gasteiger partial charge on any atom is 0.236 e. The van der Waals surface area contributed by atoms with Crippen LogP contribution in [-0.2, 0) is 9.53 Å². The van der Waals surface area contributed by atoms with Crippen molar-refractivity contribution in [1.82, 2.24) is 10.2 Å². The van der Waals surface area contributed by atoms with Gasteiger partial charge in [-0.05, 0) is 19.3 Å². The van der Waals surface area contributed by atoms with Gasteiger partial charge < -0.3 is 15.0 Å². The predicted octanol–water partition coefficient (Wildman–Crippen LogP) is 0.623. The molecule has 0 radical (unpaired) electrons. The molecule has 1 aliphatic heterocycles. The minimum atomic E-state index is 0.162. The molecule has 0 aromatic heterocycles. The highest BCUT2D eigenvalue weighted by atomic mass is 16.5. The molecule has 1 aliphatic rings. The van der Waals surface area contributed by atoms with Crippen LogP contribution in [0.25, 0.3) is 0 Å². The van der Waals surface area contributed by atoms with Gasteiger partial charge >= 0.3 is 0 Å². The van der Waals surface area contributed by atoms with Crippen molar-refractivity contribution in [2.75, 3.05) is 33.3 Å². The highest BCUT2D eigenvalue weighted by Crippen LogP contribution is 2.10. The molecule has 1 N–H and O–H groups in total. The van der Waals surface area contributed by atoms with Crippen molar-refractivity contribution in [3.05, 3.63) is 0 Å². The van der Waals surface area contributed by atoms with Crippen molar-refractivity contribution in [1.29, 1.82) is 0 Å². The fourth-order valence-corrected chi connectivity index (χ4v) is 1.74. The molecule has 88 valence electrons. The minimum Gasteiger partial charge on any atom is -0.377 e. The smallest absolute Gasteiger partial charge is 0.236 e. The molecule has 1 unspecified atom stereocenters. The van der Waals surface area contributed by atoms with E-state index in [4.69, 9.17) is 4.74 Å². The van der Waals surface area contributed by atoms with Crippen LogP contribution < -0.4 is 5.32 Å². The molecular weight excluding hydrogens is 192 g/mol. The summed E-state index contributed by atoms with van der Waals surface area (Å²) >= 11 is 0. The lowest BCUT2D eigenvalue weighted by atomic mass is 10.2. The summed E-state index contributed by atoms with van der Waals surface area (Å²) in [5.41, 5.74) is 0. The van der Waals surface area contributed by atoms with Crippen molar-refractivity contribution in [2.45, 2.75) is 32.3 Å². The quantitative estimate of drug-likeness (QED) is 0.705. The van der Waals surface area contributed by atoms with Crippen molar-refractivity contribution in [2.24, 2.45) is 0 Å². The summed E-state index contributed by atoms with van der Waals surface area (Å²) in [7, 11) is 1.85. The highest BCUT2D eigenvalue weighted by Gasteiger charge is 2.15. The van der Waals surface area contributed by atoms with Crippen LogP contribution in [0.15, 0.2) is 0 Å². The fraction of sp³-hybridized carbons (Fsp3) is 0.909. The van der Waals surface area contributed by atoms with Gasteiger partial charge in [-0.1, -0.05) is 6.92 Å². The summed E-state index contributed by atoms with van der Waals surface area (Å²) in [4.78, 5) is 13.3. The van der Waals surface area contributed by atoms with E-state index in [1.54, 1.807) is 4.90 Å². The van der Waals surface area contributed by atoms with Gasteiger partial charge in [0.25, 0.3) is 0 Å². The second-order valence-corrected chi connectivity index (χ2v) is 4.08. The van der Waals surface area contributed by atoms with Crippen molar-refractivity contribution in [3.63, 3.8) is 0 Å². The van der Waals surface area contributed by atoms with E-state index in [2.05, 4.69) is 12.2 Å². The molecule has 1 amide bonds. The first kappa shape index (κ1) is 12.5. The van der Waals surface area contributed by atoms with Gasteiger partial charge in [0.05, 0.1) is 12.6 Å². The molecule has 1 saturated heterocycles. The van der Waals surface area contributed by atoms with E-state index in [1.165, 1.54) is 0 Å². The van der Waals surface area contributed by atoms with E-state index in [1.807, 2.05) is 7.05 Å². The highest BCUT2D eigenvalue weighted by molar-refractivity contribution is 5.77. The zero-order valence-corrected chi connectivity index (χ0v) is 9.79. The molecule has 0 aromatic rings. The molecular formula is C11H22N2O2. The van der Waals surface area contributed by atoms with Crippen LogP contribution in [0.1, 0.15) is 26.2 Å². The van der Waals surface area contributed by atoms with Gasteiger partial charge in [0.2, 0.25) is 5.91 Å². The van der Waals surface area contributed by atoms with E-state index in [0.717, 1.165) is 39.0 Å². The standard InChI is InChI=1S/C11H22N2O2/c1-3-6-13(2)11(14)9-12-8-10-5-4-7-15-10/h10,12H,3-9H2,1-2H3. The number of amides is 1. The average molecular weight is 214 g/mol. The number of hydrogen-bond acceptors (Lipinski definition) is 3. The van der Waals surface area contributed by atoms with Gasteiger partial charge in [-0.25, -0.2) is 0 Å². The Morgan fingerprint density at radius 1 is 1.60 bits per heavy atom. The number of likely N-dealkylation sites (N-methyl/N-ethyl adjacent to an activating group) is 1. The molecule has 0 saturated carbocycles. The lowest BCUT2D eigenvalue weighted by Gasteiger charge is -2.17. The monoisotopic (exact) mass is 214 g/mol. The number of carbonyl (C=O) groups excluding carboxylic acids is 1. The molecule has 0 bridgehead atoms. The van der Waals surface area contributed by atoms with E-state index >= 15 is 0 Å². The lowest BCUT2D eigenvalue weighted by Crippen LogP contribution is -2.38. The zero-order valence-electron chi connectivity index (χ0n) is 9.79. The third-order valence-corrected chi connectivity index (χ3v) is 2.66. The van der Waals surface area contributed by atoms with Gasteiger partial charge in [0, 0.05) is 26.7 Å². The van der Waals surface area contributed by atoms with Crippen LogP contribution in [0.2, 0.25) is 0 Å². The molecule has 15 heavy (non-hydrogen) atoms. The lowest BCUT2D eigenvalue weighted by molar-refractivity contribution is -0.129. The van der Waals surface area contributed by atoms with Gasteiger partial charge in [-0.15, -0.1) is 0 Å². The summed E-state index contributed by atoms with van der Waals surface area (Å²) in [6.07, 6.45) is 3.59. The summed E-state index contributed by atoms with van der Waals surface area (Å²) in [6.45, 7) is 5.00. The Morgan fingerprint density at radius 3 is 3.00 bits per heavy atom. The normalized spacial score (nSPS) is 20.5. The SMILES string of the molecule is CCCN(C)C(=O)CNCC1CCCO1.